The number of piperidine rings is 1. The van der Waals surface area contributed by atoms with Crippen molar-refractivity contribution in [3.05, 3.63) is 29.8 Å². The van der Waals surface area contributed by atoms with Crippen LogP contribution >= 0.6 is 0 Å². The van der Waals surface area contributed by atoms with Crippen molar-refractivity contribution in [2.45, 2.75) is 85.3 Å². The maximum absolute atomic E-state index is 12.7. The second kappa shape index (κ2) is 10.8. The average Bonchev–Trinajstić information content (AvgIpc) is 2.72. The molecule has 1 unspecified atom stereocenters. The van der Waals surface area contributed by atoms with Gasteiger partial charge in [-0.25, -0.2) is 4.79 Å². The van der Waals surface area contributed by atoms with Gasteiger partial charge in [-0.1, -0.05) is 27.2 Å². The number of ketones is 1. The minimum Gasteiger partial charge on any atom is -0.356 e. The molecule has 1 aliphatic rings. The monoisotopic (exact) mass is 447 g/mol. The van der Waals surface area contributed by atoms with E-state index in [1.807, 2.05) is 25.7 Å². The lowest BCUT2D eigenvalue weighted by Crippen LogP contribution is -2.51. The van der Waals surface area contributed by atoms with Crippen molar-refractivity contribution in [3.63, 3.8) is 0 Å². The van der Waals surface area contributed by atoms with Crippen LogP contribution in [-0.2, 0) is 4.74 Å². The number of nitrogens with zero attached hydrogens (tertiary/aromatic N) is 2. The number of aliphatic hydroxyl groups excluding tert-OH is 1. The molecule has 1 aromatic carbocycles. The van der Waals surface area contributed by atoms with Crippen LogP contribution in [0.2, 0.25) is 0 Å². The number of benzene rings is 1. The number of nitrogens with one attached hydrogen (secondary N) is 1. The Morgan fingerprint density at radius 2 is 1.72 bits per heavy atom. The number of ether oxygens (including phenoxy) is 1. The van der Waals surface area contributed by atoms with Gasteiger partial charge in [-0.2, -0.15) is 0 Å². The van der Waals surface area contributed by atoms with Crippen LogP contribution in [0.1, 0.15) is 77.6 Å². The Labute approximate surface area is 193 Å². The summed E-state index contributed by atoms with van der Waals surface area (Å²) in [6, 6.07) is 7.02. The third kappa shape index (κ3) is 7.87. The van der Waals surface area contributed by atoms with E-state index in [1.165, 1.54) is 0 Å². The zero-order chi connectivity index (χ0) is 24.1. The molecular formula is C25H41N3O4. The highest BCUT2D eigenvalue weighted by atomic mass is 16.6. The van der Waals surface area contributed by atoms with E-state index < -0.39 is 12.0 Å². The molecule has 0 bridgehead atoms. The minimum absolute atomic E-state index is 0.0167. The molecule has 32 heavy (non-hydrogen) atoms. The standard InChI is InChI=1S/C25H41N3O4/c1-8-25(5,6)17-21(29)18-9-11-19(12-10-18)26-22(30)27(7)20-13-15-28(16-14-20)23(31)32-24(2,3)4/h9-12,20,23,31H,8,13-17H2,1-7H3,(H,26,30). The molecule has 1 saturated heterocycles. The Kier molecular flexibility index (Phi) is 8.85. The van der Waals surface area contributed by atoms with Crippen molar-refractivity contribution in [1.29, 1.82) is 0 Å². The highest BCUT2D eigenvalue weighted by molar-refractivity contribution is 5.97. The summed E-state index contributed by atoms with van der Waals surface area (Å²) in [5.41, 5.74) is 0.900. The van der Waals surface area contributed by atoms with Crippen molar-refractivity contribution >= 4 is 17.5 Å². The quantitative estimate of drug-likeness (QED) is 0.445. The Morgan fingerprint density at radius 3 is 2.22 bits per heavy atom. The van der Waals surface area contributed by atoms with Crippen LogP contribution in [0.5, 0.6) is 0 Å². The lowest BCUT2D eigenvalue weighted by molar-refractivity contribution is -0.243. The van der Waals surface area contributed by atoms with Crippen LogP contribution in [0.4, 0.5) is 10.5 Å². The molecule has 0 aromatic heterocycles. The zero-order valence-corrected chi connectivity index (χ0v) is 20.8. The first kappa shape index (κ1) is 26.3. The maximum Gasteiger partial charge on any atom is 0.321 e. The van der Waals surface area contributed by atoms with Crippen molar-refractivity contribution in [2.24, 2.45) is 5.41 Å². The molecule has 2 N–H and O–H groups in total. The van der Waals surface area contributed by atoms with E-state index in [0.29, 0.717) is 30.8 Å². The highest BCUT2D eigenvalue weighted by Gasteiger charge is 2.30. The number of aliphatic hydroxyl groups is 1. The fourth-order valence-corrected chi connectivity index (χ4v) is 3.66. The van der Waals surface area contributed by atoms with E-state index in [-0.39, 0.29) is 23.3 Å². The predicted molar refractivity (Wildman–Crippen MR) is 128 cm³/mol. The molecule has 1 heterocycles. The zero-order valence-electron chi connectivity index (χ0n) is 20.8. The van der Waals surface area contributed by atoms with Crippen molar-refractivity contribution in [3.8, 4) is 0 Å². The summed E-state index contributed by atoms with van der Waals surface area (Å²) < 4.78 is 5.62. The molecule has 1 fully saturated rings. The Morgan fingerprint density at radius 1 is 1.16 bits per heavy atom. The van der Waals surface area contributed by atoms with Crippen LogP contribution < -0.4 is 5.32 Å². The van der Waals surface area contributed by atoms with Gasteiger partial charge in [0.15, 0.2) is 5.78 Å². The fraction of sp³-hybridized carbons (Fsp3) is 0.680. The Bertz CT molecular complexity index is 762. The molecule has 1 aromatic rings. The van der Waals surface area contributed by atoms with Crippen LogP contribution in [0.25, 0.3) is 0 Å². The first-order valence-corrected chi connectivity index (χ1v) is 11.6. The van der Waals surface area contributed by atoms with Gasteiger partial charge in [-0.3, -0.25) is 9.69 Å². The number of amides is 2. The summed E-state index contributed by atoms with van der Waals surface area (Å²) in [7, 11) is 1.79. The molecule has 180 valence electrons. The van der Waals surface area contributed by atoms with Crippen LogP contribution in [0.3, 0.4) is 0 Å². The predicted octanol–water partition coefficient (Wildman–Crippen LogP) is 4.71. The number of rotatable bonds is 8. The normalized spacial score (nSPS) is 17.1. The van der Waals surface area contributed by atoms with Crippen molar-refractivity contribution < 1.29 is 19.4 Å². The highest BCUT2D eigenvalue weighted by Crippen LogP contribution is 2.27. The molecule has 7 heteroatoms. The van der Waals surface area contributed by atoms with Gasteiger partial charge in [0.2, 0.25) is 6.41 Å². The molecule has 1 aliphatic heterocycles. The minimum atomic E-state index is -0.931. The maximum atomic E-state index is 12.7. The topological polar surface area (TPSA) is 82.1 Å². The average molecular weight is 448 g/mol. The molecule has 2 rings (SSSR count). The van der Waals surface area contributed by atoms with Gasteiger partial charge in [0.1, 0.15) is 0 Å². The summed E-state index contributed by atoms with van der Waals surface area (Å²) in [4.78, 5) is 28.8. The number of likely N-dealkylation sites (tertiary alicyclic amines) is 1. The SMILES string of the molecule is CCC(C)(C)CC(=O)c1ccc(NC(=O)N(C)C2CCN(C(O)OC(C)(C)C)CC2)cc1. The molecule has 0 saturated carbocycles. The summed E-state index contributed by atoms with van der Waals surface area (Å²) in [6.07, 6.45) is 2.04. The molecule has 2 amide bonds. The van der Waals surface area contributed by atoms with E-state index in [9.17, 15) is 14.7 Å². The number of carbonyl (C=O) groups excluding carboxylic acids is 2. The summed E-state index contributed by atoms with van der Waals surface area (Å²) in [5, 5.41) is 13.2. The van der Waals surface area contributed by atoms with Crippen LogP contribution in [-0.4, -0.2) is 64.9 Å². The van der Waals surface area contributed by atoms with Gasteiger partial charge in [0.05, 0.1) is 5.60 Å². The molecule has 0 spiro atoms. The van der Waals surface area contributed by atoms with Gasteiger partial charge in [-0.15, -0.1) is 0 Å². The Hall–Kier alpha value is -1.96. The molecular weight excluding hydrogens is 406 g/mol. The van der Waals surface area contributed by atoms with E-state index in [4.69, 9.17) is 4.74 Å². The summed E-state index contributed by atoms with van der Waals surface area (Å²) in [5.74, 6) is 0.122. The number of hydrogen-bond donors (Lipinski definition) is 2. The van der Waals surface area contributed by atoms with Crippen LogP contribution in [0.15, 0.2) is 24.3 Å². The van der Waals surface area contributed by atoms with Gasteiger partial charge in [0.25, 0.3) is 0 Å². The van der Waals surface area contributed by atoms with Gasteiger partial charge in [0, 0.05) is 43.9 Å². The fourth-order valence-electron chi connectivity index (χ4n) is 3.66. The first-order valence-electron chi connectivity index (χ1n) is 11.6. The number of carbonyl (C=O) groups is 2. The van der Waals surface area contributed by atoms with Crippen LogP contribution in [0, 0.1) is 5.41 Å². The number of hydrogen-bond acceptors (Lipinski definition) is 5. The van der Waals surface area contributed by atoms with Crippen molar-refractivity contribution in [2.75, 3.05) is 25.5 Å². The Balaban J connectivity index is 1.86. The van der Waals surface area contributed by atoms with Gasteiger partial charge in [-0.05, 0) is 63.3 Å². The lowest BCUT2D eigenvalue weighted by Gasteiger charge is -2.39. The summed E-state index contributed by atoms with van der Waals surface area (Å²) in [6.45, 7) is 13.3. The third-order valence-electron chi connectivity index (χ3n) is 6.19. The molecule has 7 nitrogen and oxygen atoms in total. The van der Waals surface area contributed by atoms with E-state index >= 15 is 0 Å². The molecule has 0 radical (unpaired) electrons. The molecule has 1 atom stereocenters. The number of urea groups is 1. The number of anilines is 1. The smallest absolute Gasteiger partial charge is 0.321 e. The second-order valence-electron chi connectivity index (χ2n) is 10.6. The largest absolute Gasteiger partial charge is 0.356 e. The van der Waals surface area contributed by atoms with E-state index in [0.717, 1.165) is 19.3 Å². The van der Waals surface area contributed by atoms with Gasteiger partial charge < -0.3 is 20.1 Å². The third-order valence-corrected chi connectivity index (χ3v) is 6.19. The number of Topliss-reactive ketones (excluding diaryl/α,β-unsaturated/α-hetero) is 1. The first-order chi connectivity index (χ1) is 14.8. The molecule has 0 aliphatic carbocycles. The van der Waals surface area contributed by atoms with Crippen molar-refractivity contribution in [1.82, 2.24) is 9.80 Å². The second-order valence-corrected chi connectivity index (χ2v) is 10.6. The lowest BCUT2D eigenvalue weighted by atomic mass is 9.83. The van der Waals surface area contributed by atoms with E-state index in [1.54, 1.807) is 36.2 Å². The van der Waals surface area contributed by atoms with E-state index in [2.05, 4.69) is 26.1 Å². The summed E-state index contributed by atoms with van der Waals surface area (Å²) >= 11 is 0. The van der Waals surface area contributed by atoms with Gasteiger partial charge >= 0.3 is 6.03 Å².